The summed E-state index contributed by atoms with van der Waals surface area (Å²) >= 11 is 0. The highest BCUT2D eigenvalue weighted by Gasteiger charge is 2.39. The predicted molar refractivity (Wildman–Crippen MR) is 44.2 cm³/mol. The van der Waals surface area contributed by atoms with E-state index in [9.17, 15) is 4.79 Å². The Morgan fingerprint density at radius 1 is 1.27 bits per heavy atom. The van der Waals surface area contributed by atoms with Crippen LogP contribution in [0.2, 0.25) is 0 Å². The van der Waals surface area contributed by atoms with E-state index in [2.05, 4.69) is 6.92 Å². The first-order chi connectivity index (χ1) is 5.29. The molecule has 0 spiro atoms. The van der Waals surface area contributed by atoms with Crippen molar-refractivity contribution in [1.82, 2.24) is 0 Å². The van der Waals surface area contributed by atoms with Gasteiger partial charge in [0.05, 0.1) is 0 Å². The van der Waals surface area contributed by atoms with Crippen molar-refractivity contribution in [2.75, 3.05) is 0 Å². The molecule has 0 N–H and O–H groups in total. The number of rotatable bonds is 1. The summed E-state index contributed by atoms with van der Waals surface area (Å²) in [6, 6.07) is 0. The minimum atomic E-state index is 0.523. The summed E-state index contributed by atoms with van der Waals surface area (Å²) < 4.78 is 0. The Labute approximate surface area is 68.2 Å². The molecule has 0 bridgehead atoms. The van der Waals surface area contributed by atoms with Gasteiger partial charge in [-0.3, -0.25) is 4.79 Å². The third kappa shape index (κ3) is 1.21. The van der Waals surface area contributed by atoms with Crippen molar-refractivity contribution in [2.24, 2.45) is 17.8 Å². The van der Waals surface area contributed by atoms with Crippen LogP contribution in [-0.2, 0) is 4.79 Å². The zero-order valence-corrected chi connectivity index (χ0v) is 7.18. The van der Waals surface area contributed by atoms with Gasteiger partial charge in [0, 0.05) is 12.8 Å². The summed E-state index contributed by atoms with van der Waals surface area (Å²) in [7, 11) is 0. The Morgan fingerprint density at radius 3 is 2.27 bits per heavy atom. The first kappa shape index (κ1) is 7.33. The van der Waals surface area contributed by atoms with E-state index in [4.69, 9.17) is 0 Å². The molecule has 0 aromatic carbocycles. The molecule has 1 nitrogen and oxygen atoms in total. The molecular formula is C10H16O. The molecule has 0 amide bonds. The van der Waals surface area contributed by atoms with Gasteiger partial charge in [-0.05, 0) is 30.6 Å². The molecule has 0 heterocycles. The van der Waals surface area contributed by atoms with Gasteiger partial charge in [0.25, 0.3) is 0 Å². The summed E-state index contributed by atoms with van der Waals surface area (Å²) in [4.78, 5) is 11.1. The van der Waals surface area contributed by atoms with Crippen LogP contribution in [0.15, 0.2) is 0 Å². The summed E-state index contributed by atoms with van der Waals surface area (Å²) in [6.45, 7) is 2.27. The fourth-order valence-corrected chi connectivity index (χ4v) is 2.84. The van der Waals surface area contributed by atoms with Gasteiger partial charge in [-0.25, -0.2) is 0 Å². The zero-order valence-electron chi connectivity index (χ0n) is 7.18. The topological polar surface area (TPSA) is 17.1 Å². The minimum Gasteiger partial charge on any atom is -0.300 e. The maximum absolute atomic E-state index is 11.1. The Morgan fingerprint density at radius 2 is 1.82 bits per heavy atom. The van der Waals surface area contributed by atoms with E-state index in [1.807, 2.05) is 0 Å². The molecule has 2 rings (SSSR count). The van der Waals surface area contributed by atoms with Crippen molar-refractivity contribution in [3.05, 3.63) is 0 Å². The van der Waals surface area contributed by atoms with Crippen LogP contribution < -0.4 is 0 Å². The second-order valence-electron chi connectivity index (χ2n) is 4.21. The number of Topliss-reactive ketones (excluding diaryl/α,β-unsaturated/α-hetero) is 1. The fraction of sp³-hybridized carbons (Fsp3) is 0.900. The van der Waals surface area contributed by atoms with Crippen molar-refractivity contribution in [1.29, 1.82) is 0 Å². The lowest BCUT2D eigenvalue weighted by atomic mass is 10.0. The standard InChI is InChI=1S/C10H16O/c1-2-7-3-8-5-10(11)6-9(8)4-7/h7-9H,2-6H2,1H3. The number of fused-ring (bicyclic) bond motifs is 1. The second kappa shape index (κ2) is 2.62. The second-order valence-corrected chi connectivity index (χ2v) is 4.21. The lowest BCUT2D eigenvalue weighted by Crippen LogP contribution is -1.97. The predicted octanol–water partition coefficient (Wildman–Crippen LogP) is 2.40. The molecule has 2 atom stereocenters. The number of carbonyl (C=O) groups is 1. The van der Waals surface area contributed by atoms with Crippen molar-refractivity contribution in [2.45, 2.75) is 39.0 Å². The maximum Gasteiger partial charge on any atom is 0.133 e. The van der Waals surface area contributed by atoms with E-state index in [-0.39, 0.29) is 0 Å². The van der Waals surface area contributed by atoms with Crippen LogP contribution in [0.4, 0.5) is 0 Å². The molecule has 2 aliphatic carbocycles. The lowest BCUT2D eigenvalue weighted by molar-refractivity contribution is -0.117. The van der Waals surface area contributed by atoms with Crippen LogP contribution in [0.1, 0.15) is 39.0 Å². The minimum absolute atomic E-state index is 0.523. The van der Waals surface area contributed by atoms with Crippen molar-refractivity contribution < 1.29 is 4.79 Å². The van der Waals surface area contributed by atoms with E-state index in [1.54, 1.807) is 0 Å². The van der Waals surface area contributed by atoms with Gasteiger partial charge < -0.3 is 0 Å². The van der Waals surface area contributed by atoms with Crippen molar-refractivity contribution in [3.8, 4) is 0 Å². The van der Waals surface area contributed by atoms with Crippen LogP contribution in [-0.4, -0.2) is 5.78 Å². The quantitative estimate of drug-likeness (QED) is 0.564. The van der Waals surface area contributed by atoms with Crippen LogP contribution in [0.25, 0.3) is 0 Å². The monoisotopic (exact) mass is 152 g/mol. The molecule has 2 saturated carbocycles. The summed E-state index contributed by atoms with van der Waals surface area (Å²) in [5.74, 6) is 3.03. The van der Waals surface area contributed by atoms with E-state index < -0.39 is 0 Å². The maximum atomic E-state index is 11.1. The smallest absolute Gasteiger partial charge is 0.133 e. The average Bonchev–Trinajstić information content (AvgIpc) is 2.43. The molecule has 0 radical (unpaired) electrons. The third-order valence-electron chi connectivity index (χ3n) is 3.50. The Hall–Kier alpha value is -0.330. The summed E-state index contributed by atoms with van der Waals surface area (Å²) in [5, 5.41) is 0. The molecule has 0 saturated heterocycles. The highest BCUT2D eigenvalue weighted by molar-refractivity contribution is 5.81. The molecule has 62 valence electrons. The Balaban J connectivity index is 1.98. The number of hydrogen-bond acceptors (Lipinski definition) is 1. The summed E-state index contributed by atoms with van der Waals surface area (Å²) in [5.41, 5.74) is 0. The van der Waals surface area contributed by atoms with Gasteiger partial charge in [-0.1, -0.05) is 13.3 Å². The van der Waals surface area contributed by atoms with Crippen LogP contribution in [0.5, 0.6) is 0 Å². The van der Waals surface area contributed by atoms with Gasteiger partial charge in [0.1, 0.15) is 5.78 Å². The van der Waals surface area contributed by atoms with E-state index in [1.165, 1.54) is 19.3 Å². The molecule has 0 aliphatic heterocycles. The Kier molecular flexibility index (Phi) is 1.74. The normalized spacial score (nSPS) is 43.0. The third-order valence-corrected chi connectivity index (χ3v) is 3.50. The van der Waals surface area contributed by atoms with E-state index in [0.717, 1.165) is 30.6 Å². The molecule has 2 fully saturated rings. The van der Waals surface area contributed by atoms with Crippen LogP contribution in [0, 0.1) is 17.8 Å². The first-order valence-corrected chi connectivity index (χ1v) is 4.81. The van der Waals surface area contributed by atoms with Gasteiger partial charge in [0.15, 0.2) is 0 Å². The molecule has 2 unspecified atom stereocenters. The molecule has 0 aromatic rings. The van der Waals surface area contributed by atoms with E-state index in [0.29, 0.717) is 5.78 Å². The highest BCUT2D eigenvalue weighted by atomic mass is 16.1. The molecule has 1 heteroatoms. The lowest BCUT2D eigenvalue weighted by Gasteiger charge is -2.04. The number of hydrogen-bond donors (Lipinski definition) is 0. The largest absolute Gasteiger partial charge is 0.300 e. The van der Waals surface area contributed by atoms with Gasteiger partial charge in [-0.15, -0.1) is 0 Å². The zero-order chi connectivity index (χ0) is 7.84. The van der Waals surface area contributed by atoms with Gasteiger partial charge in [0.2, 0.25) is 0 Å². The molecular weight excluding hydrogens is 136 g/mol. The SMILES string of the molecule is CCC1CC2CC(=O)CC2C1. The fourth-order valence-electron chi connectivity index (χ4n) is 2.84. The molecule has 0 aromatic heterocycles. The molecule has 11 heavy (non-hydrogen) atoms. The Bertz CT molecular complexity index is 158. The number of ketones is 1. The van der Waals surface area contributed by atoms with Crippen LogP contribution in [0.3, 0.4) is 0 Å². The summed E-state index contributed by atoms with van der Waals surface area (Å²) in [6.07, 6.45) is 5.81. The average molecular weight is 152 g/mol. The van der Waals surface area contributed by atoms with Gasteiger partial charge >= 0.3 is 0 Å². The van der Waals surface area contributed by atoms with Crippen LogP contribution >= 0.6 is 0 Å². The van der Waals surface area contributed by atoms with Crippen molar-refractivity contribution >= 4 is 5.78 Å². The number of carbonyl (C=O) groups excluding carboxylic acids is 1. The van der Waals surface area contributed by atoms with E-state index >= 15 is 0 Å². The molecule has 2 aliphatic rings. The first-order valence-electron chi connectivity index (χ1n) is 4.81. The van der Waals surface area contributed by atoms with Crippen molar-refractivity contribution in [3.63, 3.8) is 0 Å². The van der Waals surface area contributed by atoms with Gasteiger partial charge in [-0.2, -0.15) is 0 Å². The highest BCUT2D eigenvalue weighted by Crippen LogP contribution is 2.46.